The number of halogens is 5. The smallest absolute Gasteiger partial charge is 0.257 e. The molecule has 0 fully saturated rings. The molecule has 3 N–H and O–H groups in total. The van der Waals surface area contributed by atoms with Crippen LogP contribution in [-0.4, -0.2) is 26.1 Å². The van der Waals surface area contributed by atoms with Crippen molar-refractivity contribution in [3.63, 3.8) is 0 Å². The molecule has 1 atom stereocenters. The molecule has 1 heterocycles. The van der Waals surface area contributed by atoms with Gasteiger partial charge in [0.15, 0.2) is 0 Å². The Bertz CT molecular complexity index is 1410. The van der Waals surface area contributed by atoms with Crippen molar-refractivity contribution in [1.29, 1.82) is 0 Å². The average molecular weight is 571 g/mol. The molecule has 4 aromatic rings. The van der Waals surface area contributed by atoms with E-state index in [9.17, 15) is 9.59 Å². The molecule has 6 nitrogen and oxygen atoms in total. The van der Waals surface area contributed by atoms with E-state index in [-0.39, 0.29) is 10.6 Å². The van der Waals surface area contributed by atoms with Crippen molar-refractivity contribution in [1.82, 2.24) is 9.97 Å². The number of carbonyl (C=O) groups excluding carboxylic acids is 2. The number of fused-ring (bicyclic) bond motifs is 1. The van der Waals surface area contributed by atoms with Crippen LogP contribution in [0.2, 0.25) is 15.1 Å². The van der Waals surface area contributed by atoms with Crippen LogP contribution in [0.25, 0.3) is 11.0 Å². The van der Waals surface area contributed by atoms with Crippen molar-refractivity contribution >= 4 is 92.2 Å². The molecule has 1 unspecified atom stereocenters. The summed E-state index contributed by atoms with van der Waals surface area (Å²) in [7, 11) is 0. The third kappa shape index (κ3) is 6.02. The Balaban J connectivity index is 1.58. The number of aromatic nitrogens is 2. The second kappa shape index (κ2) is 10.2. The summed E-state index contributed by atoms with van der Waals surface area (Å²) in [6.45, 7) is 1.49. The van der Waals surface area contributed by atoms with E-state index >= 15 is 0 Å². The minimum absolute atomic E-state index is 0.161. The van der Waals surface area contributed by atoms with E-state index < -0.39 is 22.1 Å². The Kier molecular flexibility index (Phi) is 7.50. The maximum atomic E-state index is 13.2. The van der Waals surface area contributed by atoms with E-state index in [0.717, 1.165) is 5.52 Å². The first-order chi connectivity index (χ1) is 16.5. The van der Waals surface area contributed by atoms with Gasteiger partial charge in [-0.3, -0.25) is 9.59 Å². The fourth-order valence-corrected chi connectivity index (χ4v) is 4.81. The van der Waals surface area contributed by atoms with Gasteiger partial charge in [0, 0.05) is 21.4 Å². The van der Waals surface area contributed by atoms with Crippen molar-refractivity contribution in [2.75, 3.05) is 10.6 Å². The van der Waals surface area contributed by atoms with Crippen LogP contribution in [0.1, 0.15) is 28.8 Å². The maximum absolute atomic E-state index is 13.2. The predicted octanol–water partition coefficient (Wildman–Crippen LogP) is 7.69. The van der Waals surface area contributed by atoms with Gasteiger partial charge < -0.3 is 15.6 Å². The van der Waals surface area contributed by atoms with Crippen LogP contribution in [0.15, 0.2) is 60.9 Å². The summed E-state index contributed by atoms with van der Waals surface area (Å²) >= 11 is 31.2. The minimum Gasteiger partial charge on any atom is -0.345 e. The highest BCUT2D eigenvalue weighted by Gasteiger charge is 2.37. The summed E-state index contributed by atoms with van der Waals surface area (Å²) in [4.78, 5) is 33.3. The number of benzene rings is 3. The lowest BCUT2D eigenvalue weighted by molar-refractivity contribution is -0.117. The van der Waals surface area contributed by atoms with E-state index in [2.05, 4.69) is 20.6 Å². The van der Waals surface area contributed by atoms with Gasteiger partial charge in [-0.2, -0.15) is 0 Å². The van der Waals surface area contributed by atoms with Gasteiger partial charge in [0.1, 0.15) is 4.33 Å². The molecule has 4 rings (SSSR count). The number of hydrogen-bond acceptors (Lipinski definition) is 3. The summed E-state index contributed by atoms with van der Waals surface area (Å²) in [5, 5.41) is 6.41. The van der Waals surface area contributed by atoms with Gasteiger partial charge in [-0.25, -0.2) is 4.98 Å². The zero-order chi connectivity index (χ0) is 25.3. The molecular weight excluding hydrogens is 554 g/mol. The van der Waals surface area contributed by atoms with Crippen LogP contribution in [0, 0.1) is 0 Å². The van der Waals surface area contributed by atoms with Crippen molar-refractivity contribution < 1.29 is 9.59 Å². The number of hydrogen-bond donors (Lipinski definition) is 3. The summed E-state index contributed by atoms with van der Waals surface area (Å²) < 4.78 is -1.49. The van der Waals surface area contributed by atoms with E-state index in [1.54, 1.807) is 42.7 Å². The fourth-order valence-electron chi connectivity index (χ4n) is 3.62. The fraction of sp³-hybridized carbons (Fsp3) is 0.125. The highest BCUT2D eigenvalue weighted by Crippen LogP contribution is 2.40. The van der Waals surface area contributed by atoms with Gasteiger partial charge in [-0.15, -0.1) is 23.2 Å². The highest BCUT2D eigenvalue weighted by molar-refractivity contribution is 6.50. The van der Waals surface area contributed by atoms with Crippen molar-refractivity contribution in [3.8, 4) is 0 Å². The average Bonchev–Trinajstić information content (AvgIpc) is 3.21. The summed E-state index contributed by atoms with van der Waals surface area (Å²) in [5.41, 5.74) is 3.00. The lowest BCUT2D eigenvalue weighted by Crippen LogP contribution is -2.32. The number of H-pyrrole nitrogens is 1. The monoisotopic (exact) mass is 568 g/mol. The molecule has 0 bridgehead atoms. The minimum atomic E-state index is -1.49. The molecule has 0 aliphatic rings. The molecule has 0 saturated heterocycles. The number of nitrogens with zero attached hydrogens (tertiary/aromatic N) is 1. The zero-order valence-electron chi connectivity index (χ0n) is 18.0. The first-order valence-corrected chi connectivity index (χ1v) is 12.1. The molecule has 1 aromatic heterocycles. The largest absolute Gasteiger partial charge is 0.345 e. The van der Waals surface area contributed by atoms with Crippen LogP contribution in [0.3, 0.4) is 0 Å². The van der Waals surface area contributed by atoms with E-state index in [1.165, 1.54) is 25.1 Å². The topological polar surface area (TPSA) is 86.9 Å². The summed E-state index contributed by atoms with van der Waals surface area (Å²) in [6, 6.07) is 14.5. The first-order valence-electron chi connectivity index (χ1n) is 10.2. The quantitative estimate of drug-likeness (QED) is 0.208. The van der Waals surface area contributed by atoms with Gasteiger partial charge >= 0.3 is 0 Å². The van der Waals surface area contributed by atoms with Gasteiger partial charge in [0.05, 0.1) is 33.9 Å². The molecule has 3 aromatic carbocycles. The third-order valence-corrected chi connectivity index (χ3v) is 6.35. The van der Waals surface area contributed by atoms with Gasteiger partial charge in [-0.1, -0.05) is 34.8 Å². The van der Waals surface area contributed by atoms with Crippen molar-refractivity contribution in [3.05, 3.63) is 87.1 Å². The molecule has 35 heavy (non-hydrogen) atoms. The second-order valence-corrected chi connectivity index (χ2v) is 10.9. The van der Waals surface area contributed by atoms with E-state index in [4.69, 9.17) is 58.0 Å². The third-order valence-electron chi connectivity index (χ3n) is 5.15. The molecule has 0 spiro atoms. The molecule has 2 amide bonds. The standard InChI is InChI=1S/C24H17Cl5N4O2/c1-24(28,29)21(12-6-13(25)8-14(26)7-12)23(35)33-15-2-4-18(27)17(9-15)22(34)32-16-3-5-19-20(10-16)31-11-30-19/h2-11,21H,1H3,(H,30,31)(H,32,34)(H,33,35). The highest BCUT2D eigenvalue weighted by atomic mass is 35.5. The SMILES string of the molecule is CC(Cl)(Cl)C(C(=O)Nc1ccc(Cl)c(C(=O)Nc2ccc3[nH]cnc3c2)c1)c1cc(Cl)cc(Cl)c1. The molecule has 11 heteroatoms. The van der Waals surface area contributed by atoms with E-state index in [0.29, 0.717) is 32.5 Å². The Morgan fingerprint density at radius 2 is 1.57 bits per heavy atom. The number of alkyl halides is 2. The molecule has 0 aliphatic heterocycles. The molecule has 0 radical (unpaired) electrons. The van der Waals surface area contributed by atoms with Crippen LogP contribution in [0.5, 0.6) is 0 Å². The first kappa shape index (κ1) is 25.6. The zero-order valence-corrected chi connectivity index (χ0v) is 21.8. The van der Waals surface area contributed by atoms with Crippen LogP contribution < -0.4 is 10.6 Å². The Labute approximate surface area is 225 Å². The second-order valence-electron chi connectivity index (χ2n) is 7.86. The number of anilines is 2. The van der Waals surface area contributed by atoms with Crippen LogP contribution in [-0.2, 0) is 4.79 Å². The Hall–Kier alpha value is -2.48. The van der Waals surface area contributed by atoms with Gasteiger partial charge in [0.2, 0.25) is 5.91 Å². The number of carbonyl (C=O) groups is 2. The number of aromatic amines is 1. The molecule has 0 saturated carbocycles. The predicted molar refractivity (Wildman–Crippen MR) is 143 cm³/mol. The number of nitrogens with one attached hydrogen (secondary N) is 3. The molecular formula is C24H17Cl5N4O2. The van der Waals surface area contributed by atoms with E-state index in [1.807, 2.05) is 0 Å². The van der Waals surface area contributed by atoms with Crippen LogP contribution >= 0.6 is 58.0 Å². The van der Waals surface area contributed by atoms with Gasteiger partial charge in [0.25, 0.3) is 5.91 Å². The summed E-state index contributed by atoms with van der Waals surface area (Å²) in [6.07, 6.45) is 1.57. The maximum Gasteiger partial charge on any atom is 0.257 e. The normalized spacial score (nSPS) is 12.4. The number of amides is 2. The molecule has 180 valence electrons. The Morgan fingerprint density at radius 1 is 0.914 bits per heavy atom. The van der Waals surface area contributed by atoms with Gasteiger partial charge in [-0.05, 0) is 67.1 Å². The van der Waals surface area contributed by atoms with Crippen molar-refractivity contribution in [2.24, 2.45) is 0 Å². The lowest BCUT2D eigenvalue weighted by atomic mass is 9.94. The Morgan fingerprint density at radius 3 is 2.26 bits per heavy atom. The molecule has 0 aliphatic carbocycles. The number of rotatable bonds is 6. The number of imidazole rings is 1. The van der Waals surface area contributed by atoms with Crippen LogP contribution in [0.4, 0.5) is 11.4 Å². The van der Waals surface area contributed by atoms with Crippen molar-refractivity contribution in [2.45, 2.75) is 17.2 Å². The lowest BCUT2D eigenvalue weighted by Gasteiger charge is -2.26. The summed E-state index contributed by atoms with van der Waals surface area (Å²) in [5.74, 6) is -2.00.